The maximum Gasteiger partial charge on any atom is 0.0546 e. The van der Waals surface area contributed by atoms with Crippen LogP contribution in [0.3, 0.4) is 0 Å². The predicted molar refractivity (Wildman–Crippen MR) is 222 cm³/mol. The highest BCUT2D eigenvalue weighted by molar-refractivity contribution is 6.17. The van der Waals surface area contributed by atoms with Gasteiger partial charge in [0, 0.05) is 22.4 Å². The van der Waals surface area contributed by atoms with E-state index < -0.39 is 0 Å². The molecule has 0 fully saturated rings. The van der Waals surface area contributed by atoms with E-state index >= 15 is 0 Å². The second-order valence-corrected chi connectivity index (χ2v) is 14.5. The van der Waals surface area contributed by atoms with Crippen molar-refractivity contribution in [2.75, 3.05) is 4.90 Å². The van der Waals surface area contributed by atoms with E-state index in [-0.39, 0.29) is 5.41 Å². The molecule has 9 aromatic rings. The van der Waals surface area contributed by atoms with E-state index in [1.807, 2.05) is 0 Å². The molecule has 0 N–H and O–H groups in total. The van der Waals surface area contributed by atoms with Crippen molar-refractivity contribution < 1.29 is 0 Å². The molecule has 1 heteroatoms. The van der Waals surface area contributed by atoms with Crippen LogP contribution < -0.4 is 4.90 Å². The smallest absolute Gasteiger partial charge is 0.0546 e. The van der Waals surface area contributed by atoms with E-state index in [0.717, 1.165) is 17.1 Å². The minimum Gasteiger partial charge on any atom is -0.310 e. The number of para-hydroxylation sites is 1. The standard InChI is InChI=1S/C51H37N/c1-51(2)47-28-13-12-25-43(47)44-31-30-37(33-48(44)51)52(36-19-4-3-5-20-36)49-29-15-27-45(41-26-14-18-34-16-6-8-21-38(34)41)50(49)46-32-35-17-7-9-22-39(35)40-23-10-11-24-42(40)46/h3-33H,1-2H3. The van der Waals surface area contributed by atoms with E-state index in [1.54, 1.807) is 0 Å². The summed E-state index contributed by atoms with van der Waals surface area (Å²) in [5.74, 6) is 0. The summed E-state index contributed by atoms with van der Waals surface area (Å²) in [6, 6.07) is 69.3. The van der Waals surface area contributed by atoms with Crippen molar-refractivity contribution in [3.63, 3.8) is 0 Å². The minimum absolute atomic E-state index is 0.119. The van der Waals surface area contributed by atoms with Crippen LogP contribution in [0.4, 0.5) is 17.1 Å². The number of fused-ring (bicyclic) bond motifs is 7. The summed E-state index contributed by atoms with van der Waals surface area (Å²) in [5, 5.41) is 7.49. The molecule has 10 rings (SSSR count). The van der Waals surface area contributed by atoms with Gasteiger partial charge in [0.1, 0.15) is 0 Å². The first-order valence-corrected chi connectivity index (χ1v) is 18.2. The Morgan fingerprint density at radius 2 is 0.942 bits per heavy atom. The lowest BCUT2D eigenvalue weighted by Crippen LogP contribution is -2.17. The molecule has 0 saturated heterocycles. The summed E-state index contributed by atoms with van der Waals surface area (Å²) in [6.45, 7) is 4.73. The van der Waals surface area contributed by atoms with Crippen molar-refractivity contribution >= 4 is 49.4 Å². The number of hydrogen-bond donors (Lipinski definition) is 0. The van der Waals surface area contributed by atoms with Gasteiger partial charge in [-0.2, -0.15) is 0 Å². The van der Waals surface area contributed by atoms with Crippen molar-refractivity contribution in [1.29, 1.82) is 0 Å². The van der Waals surface area contributed by atoms with Gasteiger partial charge in [-0.1, -0.05) is 166 Å². The van der Waals surface area contributed by atoms with Crippen LogP contribution in [0.1, 0.15) is 25.0 Å². The fraction of sp³-hybridized carbons (Fsp3) is 0.0588. The Balaban J connectivity index is 1.32. The van der Waals surface area contributed by atoms with Crippen LogP contribution in [0.25, 0.3) is 65.7 Å². The van der Waals surface area contributed by atoms with E-state index in [4.69, 9.17) is 0 Å². The van der Waals surface area contributed by atoms with Crippen LogP contribution in [0.15, 0.2) is 188 Å². The van der Waals surface area contributed by atoms with Gasteiger partial charge < -0.3 is 4.90 Å². The number of hydrogen-bond acceptors (Lipinski definition) is 1. The molecule has 0 aromatic heterocycles. The monoisotopic (exact) mass is 663 g/mol. The van der Waals surface area contributed by atoms with Crippen molar-refractivity contribution in [1.82, 2.24) is 0 Å². The summed E-state index contributed by atoms with van der Waals surface area (Å²) in [5.41, 5.74) is 13.6. The van der Waals surface area contributed by atoms with Crippen LogP contribution in [-0.2, 0) is 5.41 Å². The molecule has 0 spiro atoms. The molecule has 0 unspecified atom stereocenters. The van der Waals surface area contributed by atoms with Gasteiger partial charge >= 0.3 is 0 Å². The van der Waals surface area contributed by atoms with Gasteiger partial charge in [-0.15, -0.1) is 0 Å². The molecule has 0 heterocycles. The third-order valence-corrected chi connectivity index (χ3v) is 11.2. The van der Waals surface area contributed by atoms with Crippen LogP contribution in [0.2, 0.25) is 0 Å². The summed E-state index contributed by atoms with van der Waals surface area (Å²) in [7, 11) is 0. The highest BCUT2D eigenvalue weighted by Crippen LogP contribution is 2.53. The fourth-order valence-electron chi connectivity index (χ4n) is 8.79. The second-order valence-electron chi connectivity index (χ2n) is 14.5. The predicted octanol–water partition coefficient (Wildman–Crippen LogP) is 14.3. The fourth-order valence-corrected chi connectivity index (χ4v) is 8.79. The molecule has 0 aliphatic heterocycles. The van der Waals surface area contributed by atoms with Gasteiger partial charge in [0.05, 0.1) is 5.69 Å². The number of rotatable bonds is 5. The molecule has 1 aliphatic rings. The first-order chi connectivity index (χ1) is 25.6. The topological polar surface area (TPSA) is 3.24 Å². The van der Waals surface area contributed by atoms with Gasteiger partial charge in [-0.3, -0.25) is 0 Å². The van der Waals surface area contributed by atoms with Gasteiger partial charge in [-0.25, -0.2) is 0 Å². The Kier molecular flexibility index (Phi) is 6.91. The molecular formula is C51H37N. The molecule has 0 amide bonds. The van der Waals surface area contributed by atoms with Gasteiger partial charge in [0.15, 0.2) is 0 Å². The lowest BCUT2D eigenvalue weighted by Gasteiger charge is -2.31. The van der Waals surface area contributed by atoms with E-state index in [2.05, 4.69) is 207 Å². The zero-order valence-corrected chi connectivity index (χ0v) is 29.3. The van der Waals surface area contributed by atoms with E-state index in [1.165, 1.54) is 76.8 Å². The highest BCUT2D eigenvalue weighted by Gasteiger charge is 2.36. The van der Waals surface area contributed by atoms with Crippen LogP contribution >= 0.6 is 0 Å². The Labute approximate surface area is 305 Å². The molecule has 0 radical (unpaired) electrons. The molecular weight excluding hydrogens is 627 g/mol. The summed E-state index contributed by atoms with van der Waals surface area (Å²) >= 11 is 0. The van der Waals surface area contributed by atoms with E-state index in [9.17, 15) is 0 Å². The molecule has 1 aliphatic carbocycles. The maximum atomic E-state index is 2.48. The van der Waals surface area contributed by atoms with Crippen molar-refractivity contribution in [3.05, 3.63) is 199 Å². The van der Waals surface area contributed by atoms with Crippen molar-refractivity contribution in [3.8, 4) is 33.4 Å². The molecule has 0 bridgehead atoms. The highest BCUT2D eigenvalue weighted by atomic mass is 15.1. The molecule has 0 atom stereocenters. The van der Waals surface area contributed by atoms with E-state index in [0.29, 0.717) is 0 Å². The Hall–Kier alpha value is -6.44. The third-order valence-electron chi connectivity index (χ3n) is 11.2. The first kappa shape index (κ1) is 30.4. The SMILES string of the molecule is CC1(C)c2ccccc2-c2ccc(N(c3ccccc3)c3cccc(-c4cccc5ccccc45)c3-c3cc4ccccc4c4ccccc34)cc21. The Bertz CT molecular complexity index is 2820. The van der Waals surface area contributed by atoms with Crippen LogP contribution in [0, 0.1) is 0 Å². The molecule has 9 aromatic carbocycles. The number of benzene rings is 9. The quantitative estimate of drug-likeness (QED) is 0.166. The van der Waals surface area contributed by atoms with Crippen LogP contribution in [-0.4, -0.2) is 0 Å². The van der Waals surface area contributed by atoms with Gasteiger partial charge in [0.2, 0.25) is 0 Å². The van der Waals surface area contributed by atoms with Crippen molar-refractivity contribution in [2.45, 2.75) is 19.3 Å². The number of anilines is 3. The first-order valence-electron chi connectivity index (χ1n) is 18.2. The summed E-state index contributed by atoms with van der Waals surface area (Å²) in [6.07, 6.45) is 0. The maximum absolute atomic E-state index is 2.48. The summed E-state index contributed by atoms with van der Waals surface area (Å²) in [4.78, 5) is 2.48. The average molecular weight is 664 g/mol. The second kappa shape index (κ2) is 11.8. The zero-order valence-electron chi connectivity index (χ0n) is 29.3. The van der Waals surface area contributed by atoms with Gasteiger partial charge in [0.25, 0.3) is 0 Å². The lowest BCUT2D eigenvalue weighted by molar-refractivity contribution is 0.660. The largest absolute Gasteiger partial charge is 0.310 e. The molecule has 0 saturated carbocycles. The lowest BCUT2D eigenvalue weighted by atomic mass is 9.82. The normalized spacial score (nSPS) is 13.0. The summed E-state index contributed by atoms with van der Waals surface area (Å²) < 4.78 is 0. The molecule has 246 valence electrons. The zero-order chi connectivity index (χ0) is 34.8. The van der Waals surface area contributed by atoms with Gasteiger partial charge in [-0.05, 0) is 108 Å². The Morgan fingerprint density at radius 1 is 0.346 bits per heavy atom. The Morgan fingerprint density at radius 3 is 1.79 bits per heavy atom. The van der Waals surface area contributed by atoms with Crippen molar-refractivity contribution in [2.24, 2.45) is 0 Å². The minimum atomic E-state index is -0.119. The number of nitrogens with zero attached hydrogens (tertiary/aromatic N) is 1. The molecule has 52 heavy (non-hydrogen) atoms. The molecule has 1 nitrogen and oxygen atoms in total. The van der Waals surface area contributed by atoms with Crippen LogP contribution in [0.5, 0.6) is 0 Å². The average Bonchev–Trinajstić information content (AvgIpc) is 3.43. The third kappa shape index (κ3) is 4.63.